The van der Waals surface area contributed by atoms with Crippen LogP contribution in [0.3, 0.4) is 0 Å². The van der Waals surface area contributed by atoms with Gasteiger partial charge in [0.1, 0.15) is 5.82 Å². The number of aryl methyl sites for hydroxylation is 3. The van der Waals surface area contributed by atoms with Gasteiger partial charge >= 0.3 is 0 Å². The Kier molecular flexibility index (Phi) is 5.27. The minimum absolute atomic E-state index is 0.125. The molecule has 0 spiro atoms. The molecule has 0 fully saturated rings. The van der Waals surface area contributed by atoms with E-state index >= 15 is 0 Å². The van der Waals surface area contributed by atoms with Gasteiger partial charge in [-0.1, -0.05) is 13.3 Å². The monoisotopic (exact) mass is 249 g/mol. The quantitative estimate of drug-likeness (QED) is 0.870. The Labute approximate surface area is 111 Å². The van der Waals surface area contributed by atoms with Gasteiger partial charge in [0.05, 0.1) is 0 Å². The van der Waals surface area contributed by atoms with Gasteiger partial charge in [-0.3, -0.25) is 0 Å². The fraction of sp³-hybridized carbons (Fsp3) is 0.733. The van der Waals surface area contributed by atoms with Gasteiger partial charge in [-0.05, 0) is 41.0 Å². The SMILES string of the molecule is CCCCc1nc(C)c(CNC(C)(C)C)c(C)n1. The first-order valence-electron chi connectivity index (χ1n) is 6.91. The van der Waals surface area contributed by atoms with Crippen LogP contribution in [0, 0.1) is 13.8 Å². The molecule has 0 amide bonds. The summed E-state index contributed by atoms with van der Waals surface area (Å²) in [5.41, 5.74) is 3.60. The molecule has 0 aliphatic rings. The molecule has 3 heteroatoms. The Balaban J connectivity index is 2.81. The van der Waals surface area contributed by atoms with Gasteiger partial charge in [-0.25, -0.2) is 9.97 Å². The van der Waals surface area contributed by atoms with Gasteiger partial charge < -0.3 is 5.32 Å². The third-order valence-electron chi connectivity index (χ3n) is 3.02. The molecule has 1 aromatic heterocycles. The molecule has 1 N–H and O–H groups in total. The van der Waals surface area contributed by atoms with Gasteiger partial charge in [0, 0.05) is 35.5 Å². The lowest BCUT2D eigenvalue weighted by molar-refractivity contribution is 0.422. The molecular weight excluding hydrogens is 222 g/mol. The summed E-state index contributed by atoms with van der Waals surface area (Å²) in [7, 11) is 0. The first-order chi connectivity index (χ1) is 8.33. The molecule has 0 aromatic carbocycles. The molecule has 0 atom stereocenters. The van der Waals surface area contributed by atoms with Crippen molar-refractivity contribution in [2.24, 2.45) is 0 Å². The first-order valence-corrected chi connectivity index (χ1v) is 6.91. The van der Waals surface area contributed by atoms with Crippen molar-refractivity contribution in [2.75, 3.05) is 0 Å². The van der Waals surface area contributed by atoms with Crippen molar-refractivity contribution in [2.45, 2.75) is 72.9 Å². The molecular formula is C15H27N3. The Morgan fingerprint density at radius 2 is 1.61 bits per heavy atom. The van der Waals surface area contributed by atoms with Crippen LogP contribution in [0.15, 0.2) is 0 Å². The summed E-state index contributed by atoms with van der Waals surface area (Å²) in [6.07, 6.45) is 3.35. The van der Waals surface area contributed by atoms with Crippen LogP contribution in [0.4, 0.5) is 0 Å². The number of hydrogen-bond donors (Lipinski definition) is 1. The topological polar surface area (TPSA) is 37.8 Å². The maximum absolute atomic E-state index is 4.62. The van der Waals surface area contributed by atoms with E-state index in [0.717, 1.165) is 30.2 Å². The second kappa shape index (κ2) is 6.28. The molecule has 1 heterocycles. The van der Waals surface area contributed by atoms with E-state index in [1.54, 1.807) is 0 Å². The van der Waals surface area contributed by atoms with E-state index in [1.807, 2.05) is 0 Å². The normalized spacial score (nSPS) is 11.9. The summed E-state index contributed by atoms with van der Waals surface area (Å²) < 4.78 is 0. The van der Waals surface area contributed by atoms with E-state index in [4.69, 9.17) is 0 Å². The molecule has 0 saturated heterocycles. The standard InChI is InChI=1S/C15H27N3/c1-7-8-9-14-17-11(2)13(12(3)18-14)10-16-15(4,5)6/h16H,7-10H2,1-6H3. The lowest BCUT2D eigenvalue weighted by atomic mass is 10.1. The largest absolute Gasteiger partial charge is 0.308 e. The lowest BCUT2D eigenvalue weighted by Gasteiger charge is -2.22. The van der Waals surface area contributed by atoms with Crippen molar-refractivity contribution in [3.05, 3.63) is 22.8 Å². The molecule has 0 bridgehead atoms. The zero-order chi connectivity index (χ0) is 13.8. The minimum atomic E-state index is 0.125. The second-order valence-electron chi connectivity index (χ2n) is 6.00. The highest BCUT2D eigenvalue weighted by Gasteiger charge is 2.13. The van der Waals surface area contributed by atoms with Crippen LogP contribution in [0.1, 0.15) is 63.3 Å². The van der Waals surface area contributed by atoms with Gasteiger partial charge in [-0.15, -0.1) is 0 Å². The first kappa shape index (κ1) is 15.1. The van der Waals surface area contributed by atoms with E-state index < -0.39 is 0 Å². The maximum Gasteiger partial charge on any atom is 0.128 e. The van der Waals surface area contributed by atoms with E-state index in [1.165, 1.54) is 18.4 Å². The van der Waals surface area contributed by atoms with E-state index in [-0.39, 0.29) is 5.54 Å². The number of rotatable bonds is 5. The van der Waals surface area contributed by atoms with Crippen LogP contribution in [0.25, 0.3) is 0 Å². The third-order valence-corrected chi connectivity index (χ3v) is 3.02. The highest BCUT2D eigenvalue weighted by atomic mass is 15.0. The number of nitrogens with one attached hydrogen (secondary N) is 1. The average Bonchev–Trinajstić information content (AvgIpc) is 2.23. The lowest BCUT2D eigenvalue weighted by Crippen LogP contribution is -2.35. The molecule has 1 rings (SSSR count). The fourth-order valence-electron chi connectivity index (χ4n) is 1.87. The molecule has 0 aliphatic heterocycles. The molecule has 0 unspecified atom stereocenters. The summed E-state index contributed by atoms with van der Waals surface area (Å²) in [5.74, 6) is 0.992. The predicted octanol–water partition coefficient (Wildman–Crippen LogP) is 3.32. The molecule has 0 aliphatic carbocycles. The molecule has 0 radical (unpaired) electrons. The second-order valence-corrected chi connectivity index (χ2v) is 6.00. The van der Waals surface area contributed by atoms with Gasteiger partial charge in [0.15, 0.2) is 0 Å². The summed E-state index contributed by atoms with van der Waals surface area (Å²) in [6, 6.07) is 0. The van der Waals surface area contributed by atoms with Crippen molar-refractivity contribution < 1.29 is 0 Å². The van der Waals surface area contributed by atoms with E-state index in [2.05, 4.69) is 56.8 Å². The minimum Gasteiger partial charge on any atom is -0.308 e. The summed E-state index contributed by atoms with van der Waals surface area (Å²) in [4.78, 5) is 9.24. The number of aromatic nitrogens is 2. The summed E-state index contributed by atoms with van der Waals surface area (Å²) >= 11 is 0. The number of nitrogens with zero attached hydrogens (tertiary/aromatic N) is 2. The number of unbranched alkanes of at least 4 members (excludes halogenated alkanes) is 1. The summed E-state index contributed by atoms with van der Waals surface area (Å²) in [6.45, 7) is 13.7. The van der Waals surface area contributed by atoms with Crippen molar-refractivity contribution in [3.63, 3.8) is 0 Å². The van der Waals surface area contributed by atoms with Crippen molar-refractivity contribution in [3.8, 4) is 0 Å². The fourth-order valence-corrected chi connectivity index (χ4v) is 1.87. The molecule has 0 saturated carbocycles. The van der Waals surface area contributed by atoms with Gasteiger partial charge in [-0.2, -0.15) is 0 Å². The zero-order valence-corrected chi connectivity index (χ0v) is 12.7. The number of hydrogen-bond acceptors (Lipinski definition) is 3. The Hall–Kier alpha value is -0.960. The van der Waals surface area contributed by atoms with Crippen LogP contribution >= 0.6 is 0 Å². The van der Waals surface area contributed by atoms with Crippen molar-refractivity contribution in [1.82, 2.24) is 15.3 Å². The van der Waals surface area contributed by atoms with Crippen LogP contribution in [-0.4, -0.2) is 15.5 Å². The highest BCUT2D eigenvalue weighted by Crippen LogP contribution is 2.13. The zero-order valence-electron chi connectivity index (χ0n) is 12.7. The van der Waals surface area contributed by atoms with Gasteiger partial charge in [0.2, 0.25) is 0 Å². The molecule has 1 aromatic rings. The maximum atomic E-state index is 4.62. The van der Waals surface area contributed by atoms with Crippen LogP contribution in [-0.2, 0) is 13.0 Å². The Morgan fingerprint density at radius 1 is 1.06 bits per heavy atom. The van der Waals surface area contributed by atoms with Crippen LogP contribution in [0.5, 0.6) is 0 Å². The molecule has 3 nitrogen and oxygen atoms in total. The third kappa shape index (κ3) is 4.73. The van der Waals surface area contributed by atoms with E-state index in [0.29, 0.717) is 0 Å². The van der Waals surface area contributed by atoms with Gasteiger partial charge in [0.25, 0.3) is 0 Å². The van der Waals surface area contributed by atoms with Crippen molar-refractivity contribution >= 4 is 0 Å². The predicted molar refractivity (Wildman–Crippen MR) is 76.7 cm³/mol. The van der Waals surface area contributed by atoms with Crippen molar-refractivity contribution in [1.29, 1.82) is 0 Å². The summed E-state index contributed by atoms with van der Waals surface area (Å²) in [5, 5.41) is 3.50. The highest BCUT2D eigenvalue weighted by molar-refractivity contribution is 5.24. The molecule has 102 valence electrons. The van der Waals surface area contributed by atoms with Crippen LogP contribution in [0.2, 0.25) is 0 Å². The average molecular weight is 249 g/mol. The smallest absolute Gasteiger partial charge is 0.128 e. The Morgan fingerprint density at radius 3 is 2.06 bits per heavy atom. The van der Waals surface area contributed by atoms with Crippen LogP contribution < -0.4 is 5.32 Å². The van der Waals surface area contributed by atoms with E-state index in [9.17, 15) is 0 Å². The Bertz CT molecular complexity index is 368. The molecule has 18 heavy (non-hydrogen) atoms.